The average Bonchev–Trinajstić information content (AvgIpc) is 2.47. The second-order valence-electron chi connectivity index (χ2n) is 6.92. The van der Waals surface area contributed by atoms with Gasteiger partial charge in [-0.3, -0.25) is 4.79 Å². The molecule has 1 aliphatic carbocycles. The van der Waals surface area contributed by atoms with Crippen molar-refractivity contribution >= 4 is 5.91 Å². The van der Waals surface area contributed by atoms with Gasteiger partial charge in [-0.05, 0) is 42.4 Å². The van der Waals surface area contributed by atoms with Crippen molar-refractivity contribution in [3.8, 4) is 0 Å². The number of carbonyl (C=O) groups excluding carboxylic acids is 1. The standard InChI is InChI=1S/C18H28N2O/c1-13(2)15-6-8-16(9-7-15)17(21)20-18(12-19)10-4-5-14(3)11-18/h6-9,13-14H,4-5,10-12,19H2,1-3H3,(H,20,21). The van der Waals surface area contributed by atoms with Crippen LogP contribution in [0.4, 0.5) is 0 Å². The summed E-state index contributed by atoms with van der Waals surface area (Å²) < 4.78 is 0. The fourth-order valence-corrected chi connectivity index (χ4v) is 3.34. The van der Waals surface area contributed by atoms with Crippen LogP contribution in [0.3, 0.4) is 0 Å². The molecule has 0 spiro atoms. The lowest BCUT2D eigenvalue weighted by Crippen LogP contribution is -2.56. The van der Waals surface area contributed by atoms with Crippen LogP contribution < -0.4 is 11.1 Å². The normalized spacial score (nSPS) is 25.9. The first kappa shape index (κ1) is 16.0. The van der Waals surface area contributed by atoms with Crippen LogP contribution in [0.15, 0.2) is 24.3 Å². The molecule has 0 aromatic heterocycles. The summed E-state index contributed by atoms with van der Waals surface area (Å²) in [6.45, 7) is 7.07. The summed E-state index contributed by atoms with van der Waals surface area (Å²) in [4.78, 5) is 12.5. The highest BCUT2D eigenvalue weighted by atomic mass is 16.1. The second kappa shape index (κ2) is 6.61. The molecule has 1 aromatic rings. The molecule has 2 unspecified atom stereocenters. The number of nitrogens with two attached hydrogens (primary N) is 1. The zero-order chi connectivity index (χ0) is 15.5. The number of amides is 1. The third-order valence-electron chi connectivity index (χ3n) is 4.70. The Morgan fingerprint density at radius 1 is 1.38 bits per heavy atom. The Bertz CT molecular complexity index is 480. The Balaban J connectivity index is 2.08. The molecule has 1 aromatic carbocycles. The number of nitrogens with one attached hydrogen (secondary N) is 1. The van der Waals surface area contributed by atoms with E-state index < -0.39 is 0 Å². The lowest BCUT2D eigenvalue weighted by atomic mass is 9.76. The summed E-state index contributed by atoms with van der Waals surface area (Å²) in [7, 11) is 0. The molecule has 3 N–H and O–H groups in total. The lowest BCUT2D eigenvalue weighted by molar-refractivity contribution is 0.0854. The average molecular weight is 288 g/mol. The number of rotatable bonds is 4. The van der Waals surface area contributed by atoms with Gasteiger partial charge in [0, 0.05) is 12.1 Å². The quantitative estimate of drug-likeness (QED) is 0.891. The van der Waals surface area contributed by atoms with Gasteiger partial charge in [-0.2, -0.15) is 0 Å². The van der Waals surface area contributed by atoms with Gasteiger partial charge in [0.2, 0.25) is 0 Å². The summed E-state index contributed by atoms with van der Waals surface area (Å²) in [5, 5.41) is 3.21. The third-order valence-corrected chi connectivity index (χ3v) is 4.70. The fraction of sp³-hybridized carbons (Fsp3) is 0.611. The van der Waals surface area contributed by atoms with Gasteiger partial charge >= 0.3 is 0 Å². The van der Waals surface area contributed by atoms with E-state index in [2.05, 4.69) is 26.1 Å². The minimum absolute atomic E-state index is 0.00450. The van der Waals surface area contributed by atoms with Gasteiger partial charge < -0.3 is 11.1 Å². The van der Waals surface area contributed by atoms with E-state index in [0.717, 1.165) is 24.8 Å². The van der Waals surface area contributed by atoms with Crippen LogP contribution in [0.2, 0.25) is 0 Å². The Labute approximate surface area is 128 Å². The van der Waals surface area contributed by atoms with E-state index in [-0.39, 0.29) is 11.4 Å². The monoisotopic (exact) mass is 288 g/mol. The van der Waals surface area contributed by atoms with Gasteiger partial charge in [-0.15, -0.1) is 0 Å². The number of hydrogen-bond acceptors (Lipinski definition) is 2. The van der Waals surface area contributed by atoms with Crippen molar-refractivity contribution in [2.45, 2.75) is 57.9 Å². The molecule has 0 bridgehead atoms. The molecule has 0 heterocycles. The SMILES string of the molecule is CC1CCCC(CN)(NC(=O)c2ccc(C(C)C)cc2)C1. The molecule has 2 rings (SSSR count). The maximum atomic E-state index is 12.5. The van der Waals surface area contributed by atoms with Gasteiger partial charge in [0.05, 0.1) is 5.54 Å². The Hall–Kier alpha value is -1.35. The number of benzene rings is 1. The molecule has 116 valence electrons. The molecule has 0 aliphatic heterocycles. The first-order chi connectivity index (χ1) is 9.96. The molecule has 1 amide bonds. The molecule has 0 radical (unpaired) electrons. The van der Waals surface area contributed by atoms with Crippen LogP contribution >= 0.6 is 0 Å². The van der Waals surface area contributed by atoms with Crippen LogP contribution in [0.5, 0.6) is 0 Å². The summed E-state index contributed by atoms with van der Waals surface area (Å²) >= 11 is 0. The molecule has 21 heavy (non-hydrogen) atoms. The third kappa shape index (κ3) is 3.85. The molecule has 2 atom stereocenters. The van der Waals surface area contributed by atoms with Crippen LogP contribution in [-0.2, 0) is 0 Å². The summed E-state index contributed by atoms with van der Waals surface area (Å²) in [5.74, 6) is 1.12. The van der Waals surface area contributed by atoms with Crippen molar-refractivity contribution in [2.75, 3.05) is 6.54 Å². The van der Waals surface area contributed by atoms with E-state index >= 15 is 0 Å². The van der Waals surface area contributed by atoms with Gasteiger partial charge in [-0.25, -0.2) is 0 Å². The van der Waals surface area contributed by atoms with Gasteiger partial charge in [0.1, 0.15) is 0 Å². The van der Waals surface area contributed by atoms with Crippen molar-refractivity contribution in [1.29, 1.82) is 0 Å². The Kier molecular flexibility index (Phi) is 5.04. The molecule has 1 saturated carbocycles. The molecule has 0 saturated heterocycles. The molecule has 1 fully saturated rings. The highest BCUT2D eigenvalue weighted by Crippen LogP contribution is 2.31. The van der Waals surface area contributed by atoms with Gasteiger partial charge in [0.15, 0.2) is 0 Å². The summed E-state index contributed by atoms with van der Waals surface area (Å²) in [6.07, 6.45) is 4.36. The van der Waals surface area contributed by atoms with E-state index in [9.17, 15) is 4.79 Å². The lowest BCUT2D eigenvalue weighted by Gasteiger charge is -2.40. The molecule has 1 aliphatic rings. The van der Waals surface area contributed by atoms with Crippen LogP contribution in [-0.4, -0.2) is 18.0 Å². The Morgan fingerprint density at radius 2 is 2.05 bits per heavy atom. The molecule has 3 nitrogen and oxygen atoms in total. The molecular formula is C18H28N2O. The number of carbonyl (C=O) groups is 1. The van der Waals surface area contributed by atoms with E-state index in [4.69, 9.17) is 5.73 Å². The minimum Gasteiger partial charge on any atom is -0.345 e. The van der Waals surface area contributed by atoms with Crippen molar-refractivity contribution in [3.63, 3.8) is 0 Å². The first-order valence-corrected chi connectivity index (χ1v) is 8.08. The van der Waals surface area contributed by atoms with Crippen molar-refractivity contribution in [3.05, 3.63) is 35.4 Å². The van der Waals surface area contributed by atoms with E-state index in [1.54, 1.807) is 0 Å². The van der Waals surface area contributed by atoms with E-state index in [1.807, 2.05) is 24.3 Å². The minimum atomic E-state index is -0.217. The van der Waals surface area contributed by atoms with Crippen LogP contribution in [0, 0.1) is 5.92 Å². The van der Waals surface area contributed by atoms with E-state index in [0.29, 0.717) is 18.4 Å². The van der Waals surface area contributed by atoms with Crippen LogP contribution in [0.25, 0.3) is 0 Å². The zero-order valence-electron chi connectivity index (χ0n) is 13.5. The first-order valence-electron chi connectivity index (χ1n) is 8.08. The smallest absolute Gasteiger partial charge is 0.251 e. The molecular weight excluding hydrogens is 260 g/mol. The van der Waals surface area contributed by atoms with Crippen molar-refractivity contribution in [2.24, 2.45) is 11.7 Å². The largest absolute Gasteiger partial charge is 0.345 e. The van der Waals surface area contributed by atoms with Gasteiger partial charge in [0.25, 0.3) is 5.91 Å². The highest BCUT2D eigenvalue weighted by Gasteiger charge is 2.35. The summed E-state index contributed by atoms with van der Waals surface area (Å²) in [5.41, 5.74) is 7.74. The zero-order valence-corrected chi connectivity index (χ0v) is 13.5. The summed E-state index contributed by atoms with van der Waals surface area (Å²) in [6, 6.07) is 7.92. The topological polar surface area (TPSA) is 55.1 Å². The number of hydrogen-bond donors (Lipinski definition) is 2. The predicted molar refractivity (Wildman–Crippen MR) is 87.4 cm³/mol. The Morgan fingerprint density at radius 3 is 2.57 bits per heavy atom. The highest BCUT2D eigenvalue weighted by molar-refractivity contribution is 5.94. The van der Waals surface area contributed by atoms with Crippen molar-refractivity contribution in [1.82, 2.24) is 5.32 Å². The maximum absolute atomic E-state index is 12.5. The molecule has 3 heteroatoms. The second-order valence-corrected chi connectivity index (χ2v) is 6.92. The maximum Gasteiger partial charge on any atom is 0.251 e. The van der Waals surface area contributed by atoms with Gasteiger partial charge in [-0.1, -0.05) is 45.7 Å². The van der Waals surface area contributed by atoms with Crippen LogP contribution in [0.1, 0.15) is 68.3 Å². The predicted octanol–water partition coefficient (Wildman–Crippen LogP) is 3.45. The van der Waals surface area contributed by atoms with Crippen molar-refractivity contribution < 1.29 is 4.79 Å². The fourth-order valence-electron chi connectivity index (χ4n) is 3.34. The van der Waals surface area contributed by atoms with E-state index in [1.165, 1.54) is 12.0 Å².